The summed E-state index contributed by atoms with van der Waals surface area (Å²) in [5, 5.41) is 10.5. The lowest BCUT2D eigenvalue weighted by Crippen LogP contribution is -2.22. The lowest BCUT2D eigenvalue weighted by Gasteiger charge is -2.10. The molecule has 0 spiro atoms. The van der Waals surface area contributed by atoms with Gasteiger partial charge in [-0.05, 0) is 43.5 Å². The molecule has 1 heterocycles. The minimum absolute atomic E-state index is 0.0513. The van der Waals surface area contributed by atoms with Crippen LogP contribution in [0.3, 0.4) is 0 Å². The molecule has 1 atom stereocenters. The third-order valence-electron chi connectivity index (χ3n) is 4.54. The number of hydrogen-bond acceptors (Lipinski definition) is 4. The number of anilines is 1. The number of amides is 1. The first-order valence-corrected chi connectivity index (χ1v) is 10.4. The molecule has 134 valence electrons. The summed E-state index contributed by atoms with van der Waals surface area (Å²) in [6.45, 7) is 1.87. The second-order valence-corrected chi connectivity index (χ2v) is 8.73. The highest BCUT2D eigenvalue weighted by Gasteiger charge is 2.18. The van der Waals surface area contributed by atoms with E-state index in [0.717, 1.165) is 28.3 Å². The number of halogens is 1. The van der Waals surface area contributed by atoms with E-state index < -0.39 is 0 Å². The van der Waals surface area contributed by atoms with Gasteiger partial charge in [0.15, 0.2) is 0 Å². The third-order valence-corrected chi connectivity index (χ3v) is 6.03. The van der Waals surface area contributed by atoms with Crippen molar-refractivity contribution < 1.29 is 4.79 Å². The average Bonchev–Trinajstić information content (AvgIpc) is 3.26. The molecule has 0 radical (unpaired) electrons. The van der Waals surface area contributed by atoms with Gasteiger partial charge in [-0.15, -0.1) is 5.10 Å². The van der Waals surface area contributed by atoms with E-state index >= 15 is 0 Å². The van der Waals surface area contributed by atoms with E-state index in [1.807, 2.05) is 31.2 Å². The molecular formula is C18H23BrN4OS. The number of rotatable bonds is 7. The van der Waals surface area contributed by atoms with Gasteiger partial charge in [-0.2, -0.15) is 0 Å². The molecule has 1 fully saturated rings. The number of H-pyrrole nitrogens is 1. The van der Waals surface area contributed by atoms with E-state index in [2.05, 4.69) is 36.4 Å². The van der Waals surface area contributed by atoms with E-state index in [1.165, 1.54) is 43.9 Å². The van der Waals surface area contributed by atoms with Crippen LogP contribution >= 0.6 is 27.7 Å². The average molecular weight is 423 g/mol. The summed E-state index contributed by atoms with van der Waals surface area (Å²) < 4.78 is 0.985. The minimum atomic E-state index is -0.262. The predicted octanol–water partition coefficient (Wildman–Crippen LogP) is 4.81. The summed E-state index contributed by atoms with van der Waals surface area (Å²) in [4.78, 5) is 16.8. The topological polar surface area (TPSA) is 70.7 Å². The molecule has 1 aliphatic carbocycles. The van der Waals surface area contributed by atoms with E-state index in [-0.39, 0.29) is 11.2 Å². The van der Waals surface area contributed by atoms with Crippen LogP contribution in [0, 0.1) is 5.92 Å². The molecule has 0 aliphatic heterocycles. The van der Waals surface area contributed by atoms with Crippen molar-refractivity contribution in [2.45, 2.75) is 55.9 Å². The van der Waals surface area contributed by atoms with Crippen LogP contribution in [-0.2, 0) is 11.2 Å². The molecule has 1 saturated carbocycles. The molecule has 1 aromatic carbocycles. The third kappa shape index (κ3) is 5.57. The SMILES string of the molecule is CC(Sc1n[nH]c(CCC2CCCC2)n1)C(=O)Nc1ccc(Br)cc1. The maximum atomic E-state index is 12.3. The molecule has 1 aliphatic rings. The molecule has 0 bridgehead atoms. The number of nitrogens with zero attached hydrogens (tertiary/aromatic N) is 2. The summed E-state index contributed by atoms with van der Waals surface area (Å²) >= 11 is 4.76. The van der Waals surface area contributed by atoms with Gasteiger partial charge in [0.2, 0.25) is 11.1 Å². The largest absolute Gasteiger partial charge is 0.325 e. The molecule has 2 N–H and O–H groups in total. The molecule has 1 unspecified atom stereocenters. The van der Waals surface area contributed by atoms with E-state index in [9.17, 15) is 4.79 Å². The Kier molecular flexibility index (Phi) is 6.53. The van der Waals surface area contributed by atoms with Crippen LogP contribution in [0.5, 0.6) is 0 Å². The molecule has 2 aromatic rings. The standard InChI is InChI=1S/C18H23BrN4OS/c1-12(17(24)20-15-9-7-14(19)8-10-15)25-18-21-16(22-23-18)11-6-13-4-2-3-5-13/h7-10,12-13H,2-6,11H2,1H3,(H,20,24)(H,21,22,23). The summed E-state index contributed by atoms with van der Waals surface area (Å²) in [6.07, 6.45) is 7.56. The number of aromatic nitrogens is 3. The number of hydrogen-bond donors (Lipinski definition) is 2. The molecule has 1 aromatic heterocycles. The molecule has 5 nitrogen and oxygen atoms in total. The summed E-state index contributed by atoms with van der Waals surface area (Å²) in [5.74, 6) is 1.72. The van der Waals surface area contributed by atoms with Crippen molar-refractivity contribution in [3.05, 3.63) is 34.6 Å². The Morgan fingerprint density at radius 1 is 1.36 bits per heavy atom. The van der Waals surface area contributed by atoms with Crippen LogP contribution in [0.2, 0.25) is 0 Å². The van der Waals surface area contributed by atoms with E-state index in [4.69, 9.17) is 0 Å². The van der Waals surface area contributed by atoms with Crippen LogP contribution in [0.25, 0.3) is 0 Å². The van der Waals surface area contributed by atoms with Crippen LogP contribution in [-0.4, -0.2) is 26.3 Å². The van der Waals surface area contributed by atoms with Crippen LogP contribution in [0.1, 0.15) is 44.9 Å². The Hall–Kier alpha value is -1.34. The number of thioether (sulfide) groups is 1. The zero-order valence-electron chi connectivity index (χ0n) is 14.3. The first-order valence-electron chi connectivity index (χ1n) is 8.74. The number of aryl methyl sites for hydroxylation is 1. The van der Waals surface area contributed by atoms with Gasteiger partial charge in [0, 0.05) is 16.6 Å². The monoisotopic (exact) mass is 422 g/mol. The van der Waals surface area contributed by atoms with Gasteiger partial charge < -0.3 is 5.32 Å². The molecule has 25 heavy (non-hydrogen) atoms. The maximum absolute atomic E-state index is 12.3. The van der Waals surface area contributed by atoms with Gasteiger partial charge in [-0.25, -0.2) is 4.98 Å². The Morgan fingerprint density at radius 3 is 2.80 bits per heavy atom. The van der Waals surface area contributed by atoms with Gasteiger partial charge >= 0.3 is 0 Å². The lowest BCUT2D eigenvalue weighted by atomic mass is 10.0. The first kappa shape index (κ1) is 18.5. The highest BCUT2D eigenvalue weighted by atomic mass is 79.9. The summed E-state index contributed by atoms with van der Waals surface area (Å²) in [5.41, 5.74) is 0.785. The summed E-state index contributed by atoms with van der Waals surface area (Å²) in [7, 11) is 0. The highest BCUT2D eigenvalue weighted by molar-refractivity contribution is 9.10. The zero-order chi connectivity index (χ0) is 17.6. The zero-order valence-corrected chi connectivity index (χ0v) is 16.7. The quantitative estimate of drug-likeness (QED) is 0.627. The van der Waals surface area contributed by atoms with Crippen molar-refractivity contribution in [1.82, 2.24) is 15.2 Å². The smallest absolute Gasteiger partial charge is 0.237 e. The Labute approximate surface area is 160 Å². The lowest BCUT2D eigenvalue weighted by molar-refractivity contribution is -0.115. The van der Waals surface area contributed by atoms with Gasteiger partial charge in [0.05, 0.1) is 5.25 Å². The molecule has 1 amide bonds. The molecule has 7 heteroatoms. The van der Waals surface area contributed by atoms with Crippen molar-refractivity contribution in [3.63, 3.8) is 0 Å². The van der Waals surface area contributed by atoms with Gasteiger partial charge in [0.25, 0.3) is 0 Å². The van der Waals surface area contributed by atoms with Gasteiger partial charge in [-0.1, -0.05) is 53.4 Å². The number of carbonyl (C=O) groups excluding carboxylic acids is 1. The number of aromatic amines is 1. The van der Waals surface area contributed by atoms with Gasteiger partial charge in [0.1, 0.15) is 5.82 Å². The van der Waals surface area contributed by atoms with Crippen molar-refractivity contribution in [2.75, 3.05) is 5.32 Å². The number of benzene rings is 1. The van der Waals surface area contributed by atoms with Crippen molar-refractivity contribution in [2.24, 2.45) is 5.92 Å². The normalized spacial score (nSPS) is 16.1. The predicted molar refractivity (Wildman–Crippen MR) is 105 cm³/mol. The highest BCUT2D eigenvalue weighted by Crippen LogP contribution is 2.28. The first-order chi connectivity index (χ1) is 12.1. The Morgan fingerprint density at radius 2 is 2.08 bits per heavy atom. The van der Waals surface area contributed by atoms with Crippen molar-refractivity contribution in [1.29, 1.82) is 0 Å². The molecule has 3 rings (SSSR count). The Bertz CT molecular complexity index is 697. The molecular weight excluding hydrogens is 400 g/mol. The van der Waals surface area contributed by atoms with Crippen LogP contribution in [0.15, 0.2) is 33.9 Å². The van der Waals surface area contributed by atoms with E-state index in [1.54, 1.807) is 0 Å². The molecule has 0 saturated heterocycles. The minimum Gasteiger partial charge on any atom is -0.325 e. The van der Waals surface area contributed by atoms with Crippen LogP contribution in [0.4, 0.5) is 5.69 Å². The fourth-order valence-corrected chi connectivity index (χ4v) is 4.08. The van der Waals surface area contributed by atoms with Crippen molar-refractivity contribution >= 4 is 39.3 Å². The second-order valence-electron chi connectivity index (χ2n) is 6.51. The van der Waals surface area contributed by atoms with Crippen LogP contribution < -0.4 is 5.32 Å². The number of nitrogens with one attached hydrogen (secondary N) is 2. The fraction of sp³-hybridized carbons (Fsp3) is 0.500. The van der Waals surface area contributed by atoms with Gasteiger partial charge in [-0.3, -0.25) is 9.89 Å². The van der Waals surface area contributed by atoms with Crippen molar-refractivity contribution in [3.8, 4) is 0 Å². The maximum Gasteiger partial charge on any atom is 0.237 e. The number of carbonyl (C=O) groups is 1. The summed E-state index contributed by atoms with van der Waals surface area (Å²) in [6, 6.07) is 7.54. The van der Waals surface area contributed by atoms with E-state index in [0.29, 0.717) is 5.16 Å². The second kappa shape index (κ2) is 8.85. The Balaban J connectivity index is 1.47. The fourth-order valence-electron chi connectivity index (χ4n) is 3.07.